The molecule has 2 aromatic carbocycles. The second-order valence-corrected chi connectivity index (χ2v) is 6.84. The third-order valence-corrected chi connectivity index (χ3v) is 4.47. The maximum atomic E-state index is 12.6. The Kier molecular flexibility index (Phi) is 5.20. The molecule has 0 atom stereocenters. The van der Waals surface area contributed by atoms with Crippen molar-refractivity contribution in [2.75, 3.05) is 42.8 Å². The number of carbonyl (C=O) groups excluding carboxylic acids is 1. The van der Waals surface area contributed by atoms with E-state index in [2.05, 4.69) is 15.6 Å². The summed E-state index contributed by atoms with van der Waals surface area (Å²) in [4.78, 5) is 18.9. The van der Waals surface area contributed by atoms with Gasteiger partial charge >= 0.3 is 0 Å². The number of rotatable bonds is 5. The smallest absolute Gasteiger partial charge is 0.257 e. The first-order valence-electron chi connectivity index (χ1n) is 9.29. The van der Waals surface area contributed by atoms with Crippen LogP contribution in [0.25, 0.3) is 0 Å². The SMILES string of the molecule is CN(C)c1ccc(Nc2cncc(C(=O)Nc3ccc4c(c3)OCCO4)c2)cc1. The van der Waals surface area contributed by atoms with Gasteiger partial charge in [0, 0.05) is 43.4 Å². The molecule has 7 nitrogen and oxygen atoms in total. The number of pyridine rings is 1. The highest BCUT2D eigenvalue weighted by molar-refractivity contribution is 6.04. The van der Waals surface area contributed by atoms with E-state index in [9.17, 15) is 4.79 Å². The molecule has 0 unspecified atom stereocenters. The summed E-state index contributed by atoms with van der Waals surface area (Å²) < 4.78 is 11.1. The Morgan fingerprint density at radius 2 is 1.62 bits per heavy atom. The number of hydrogen-bond donors (Lipinski definition) is 2. The molecule has 0 radical (unpaired) electrons. The summed E-state index contributed by atoms with van der Waals surface area (Å²) in [7, 11) is 3.99. The van der Waals surface area contributed by atoms with Crippen molar-refractivity contribution in [2.45, 2.75) is 0 Å². The number of nitrogens with zero attached hydrogens (tertiary/aromatic N) is 2. The van der Waals surface area contributed by atoms with E-state index in [4.69, 9.17) is 9.47 Å². The van der Waals surface area contributed by atoms with Gasteiger partial charge in [-0.3, -0.25) is 9.78 Å². The molecule has 7 heteroatoms. The molecule has 1 amide bonds. The summed E-state index contributed by atoms with van der Waals surface area (Å²) in [6.07, 6.45) is 3.22. The summed E-state index contributed by atoms with van der Waals surface area (Å²) in [5, 5.41) is 6.14. The lowest BCUT2D eigenvalue weighted by Crippen LogP contribution is -2.16. The minimum Gasteiger partial charge on any atom is -0.486 e. The van der Waals surface area contributed by atoms with Crippen LogP contribution in [-0.2, 0) is 0 Å². The summed E-state index contributed by atoms with van der Waals surface area (Å²) in [5.41, 5.74) is 3.85. The molecule has 0 spiro atoms. The van der Waals surface area contributed by atoms with Gasteiger partial charge in [-0.05, 0) is 42.5 Å². The first-order chi connectivity index (χ1) is 14.1. The molecule has 0 saturated carbocycles. The van der Waals surface area contributed by atoms with Crippen molar-refractivity contribution < 1.29 is 14.3 Å². The summed E-state index contributed by atoms with van der Waals surface area (Å²) in [6.45, 7) is 1.03. The first-order valence-corrected chi connectivity index (χ1v) is 9.29. The second-order valence-electron chi connectivity index (χ2n) is 6.84. The molecule has 3 aromatic rings. The number of nitrogens with one attached hydrogen (secondary N) is 2. The van der Waals surface area contributed by atoms with Gasteiger partial charge in [0.1, 0.15) is 13.2 Å². The van der Waals surface area contributed by atoms with Crippen LogP contribution >= 0.6 is 0 Å². The Hall–Kier alpha value is -3.74. The van der Waals surface area contributed by atoms with Gasteiger partial charge in [0.05, 0.1) is 17.4 Å². The molecule has 2 N–H and O–H groups in total. The van der Waals surface area contributed by atoms with Gasteiger partial charge in [-0.25, -0.2) is 0 Å². The predicted molar refractivity (Wildman–Crippen MR) is 114 cm³/mol. The van der Waals surface area contributed by atoms with Crippen LogP contribution in [0.3, 0.4) is 0 Å². The second kappa shape index (κ2) is 8.10. The average Bonchev–Trinajstić information content (AvgIpc) is 2.74. The Morgan fingerprint density at radius 3 is 2.38 bits per heavy atom. The van der Waals surface area contributed by atoms with E-state index in [1.807, 2.05) is 43.3 Å². The van der Waals surface area contributed by atoms with Gasteiger partial charge in [-0.2, -0.15) is 0 Å². The van der Waals surface area contributed by atoms with E-state index in [1.165, 1.54) is 6.20 Å². The van der Waals surface area contributed by atoms with Crippen LogP contribution in [0.15, 0.2) is 60.9 Å². The number of amides is 1. The fraction of sp³-hybridized carbons (Fsp3) is 0.182. The maximum Gasteiger partial charge on any atom is 0.257 e. The fourth-order valence-electron chi connectivity index (χ4n) is 2.97. The number of ether oxygens (including phenoxy) is 2. The van der Waals surface area contributed by atoms with Gasteiger partial charge in [0.15, 0.2) is 11.5 Å². The van der Waals surface area contributed by atoms with Gasteiger partial charge in [0.2, 0.25) is 0 Å². The van der Waals surface area contributed by atoms with Crippen molar-refractivity contribution in [2.24, 2.45) is 0 Å². The van der Waals surface area contributed by atoms with E-state index >= 15 is 0 Å². The van der Waals surface area contributed by atoms with Crippen molar-refractivity contribution in [3.63, 3.8) is 0 Å². The van der Waals surface area contributed by atoms with E-state index in [1.54, 1.807) is 30.5 Å². The average molecular weight is 390 g/mol. The number of carbonyl (C=O) groups is 1. The van der Waals surface area contributed by atoms with E-state index in [0.717, 1.165) is 17.1 Å². The monoisotopic (exact) mass is 390 g/mol. The zero-order valence-electron chi connectivity index (χ0n) is 16.3. The molecule has 29 heavy (non-hydrogen) atoms. The number of aromatic nitrogens is 1. The third-order valence-electron chi connectivity index (χ3n) is 4.47. The number of anilines is 4. The number of hydrogen-bond acceptors (Lipinski definition) is 6. The van der Waals surface area contributed by atoms with Gasteiger partial charge in [-0.15, -0.1) is 0 Å². The Bertz CT molecular complexity index is 1020. The van der Waals surface area contributed by atoms with Gasteiger partial charge in [-0.1, -0.05) is 0 Å². The highest BCUT2D eigenvalue weighted by Gasteiger charge is 2.14. The largest absolute Gasteiger partial charge is 0.486 e. The topological polar surface area (TPSA) is 75.7 Å². The van der Waals surface area contributed by atoms with Gasteiger partial charge in [0.25, 0.3) is 5.91 Å². The standard InChI is InChI=1S/C22H22N4O3/c1-26(2)19-6-3-16(4-7-19)24-18-11-15(13-23-14-18)22(27)25-17-5-8-20-21(12-17)29-10-9-28-20/h3-8,11-14,24H,9-10H2,1-2H3,(H,25,27). The van der Waals surface area contributed by atoms with E-state index < -0.39 is 0 Å². The van der Waals surface area contributed by atoms with Crippen molar-refractivity contribution in [3.8, 4) is 11.5 Å². The van der Waals surface area contributed by atoms with Crippen LogP contribution in [-0.4, -0.2) is 38.2 Å². The molecule has 4 rings (SSSR count). The predicted octanol–water partition coefficient (Wildman–Crippen LogP) is 3.91. The normalized spacial score (nSPS) is 12.2. The molecule has 0 fully saturated rings. The maximum absolute atomic E-state index is 12.6. The number of fused-ring (bicyclic) bond motifs is 1. The summed E-state index contributed by atoms with van der Waals surface area (Å²) in [5.74, 6) is 1.06. The molecular formula is C22H22N4O3. The van der Waals surface area contributed by atoms with Crippen LogP contribution in [0, 0.1) is 0 Å². The highest BCUT2D eigenvalue weighted by Crippen LogP contribution is 2.32. The highest BCUT2D eigenvalue weighted by atomic mass is 16.6. The molecule has 1 aromatic heterocycles. The van der Waals surface area contributed by atoms with Crippen LogP contribution < -0.4 is 25.0 Å². The third kappa shape index (κ3) is 4.40. The van der Waals surface area contributed by atoms with E-state index in [-0.39, 0.29) is 5.91 Å². The first kappa shape index (κ1) is 18.6. The zero-order valence-corrected chi connectivity index (χ0v) is 16.3. The fourth-order valence-corrected chi connectivity index (χ4v) is 2.97. The van der Waals surface area contributed by atoms with Crippen molar-refractivity contribution in [1.29, 1.82) is 0 Å². The Balaban J connectivity index is 1.45. The van der Waals surface area contributed by atoms with E-state index in [0.29, 0.717) is 36.0 Å². The van der Waals surface area contributed by atoms with Crippen LogP contribution in [0.1, 0.15) is 10.4 Å². The van der Waals surface area contributed by atoms with Crippen molar-refractivity contribution >= 4 is 28.7 Å². The Morgan fingerprint density at radius 1 is 0.897 bits per heavy atom. The van der Waals surface area contributed by atoms with Crippen LogP contribution in [0.2, 0.25) is 0 Å². The van der Waals surface area contributed by atoms with Crippen molar-refractivity contribution in [3.05, 3.63) is 66.5 Å². The molecule has 1 aliphatic heterocycles. The van der Waals surface area contributed by atoms with Gasteiger partial charge < -0.3 is 25.0 Å². The minimum atomic E-state index is -0.249. The lowest BCUT2D eigenvalue weighted by atomic mass is 10.2. The molecule has 1 aliphatic rings. The quantitative estimate of drug-likeness (QED) is 0.688. The lowest BCUT2D eigenvalue weighted by Gasteiger charge is -2.19. The molecule has 0 aliphatic carbocycles. The molecular weight excluding hydrogens is 368 g/mol. The molecule has 148 valence electrons. The van der Waals surface area contributed by atoms with Crippen molar-refractivity contribution in [1.82, 2.24) is 4.98 Å². The zero-order chi connectivity index (χ0) is 20.2. The molecule has 0 bridgehead atoms. The van der Waals surface area contributed by atoms with Crippen LogP contribution in [0.4, 0.5) is 22.7 Å². The molecule has 0 saturated heterocycles. The molecule has 2 heterocycles. The number of benzene rings is 2. The van der Waals surface area contributed by atoms with Crippen LogP contribution in [0.5, 0.6) is 11.5 Å². The summed E-state index contributed by atoms with van der Waals surface area (Å²) in [6, 6.07) is 15.1. The minimum absolute atomic E-state index is 0.249. The summed E-state index contributed by atoms with van der Waals surface area (Å²) >= 11 is 0. The Labute approximate surface area is 169 Å². The lowest BCUT2D eigenvalue weighted by molar-refractivity contribution is 0.102.